The third-order valence-corrected chi connectivity index (χ3v) is 4.15. The van der Waals surface area contributed by atoms with Crippen LogP contribution in [-0.4, -0.2) is 18.2 Å². The van der Waals surface area contributed by atoms with Crippen LogP contribution < -0.4 is 9.64 Å². The number of halogens is 3. The lowest BCUT2D eigenvalue weighted by molar-refractivity contribution is -0.274. The average Bonchev–Trinajstić information content (AvgIpc) is 2.70. The predicted octanol–water partition coefficient (Wildman–Crippen LogP) is 3.43. The molecule has 0 aromatic heterocycles. The first-order chi connectivity index (χ1) is 10.8. The number of imide groups is 1. The Balaban J connectivity index is 1.82. The lowest BCUT2D eigenvalue weighted by atomic mass is 9.82. The van der Waals surface area contributed by atoms with Crippen molar-refractivity contribution in [3.63, 3.8) is 0 Å². The number of hydrogen-bond donors (Lipinski definition) is 0. The average molecular weight is 325 g/mol. The van der Waals surface area contributed by atoms with E-state index in [-0.39, 0.29) is 29.3 Å². The van der Waals surface area contributed by atoms with Crippen LogP contribution in [-0.2, 0) is 9.59 Å². The Morgan fingerprint density at radius 1 is 1.09 bits per heavy atom. The molecule has 2 aliphatic rings. The van der Waals surface area contributed by atoms with Crippen molar-refractivity contribution >= 4 is 17.5 Å². The van der Waals surface area contributed by atoms with Gasteiger partial charge in [-0.25, -0.2) is 0 Å². The molecule has 2 atom stereocenters. The first kappa shape index (κ1) is 15.6. The van der Waals surface area contributed by atoms with Gasteiger partial charge in [-0.2, -0.15) is 0 Å². The van der Waals surface area contributed by atoms with E-state index in [9.17, 15) is 22.8 Å². The molecule has 23 heavy (non-hydrogen) atoms. The van der Waals surface area contributed by atoms with Crippen molar-refractivity contribution in [2.75, 3.05) is 4.90 Å². The van der Waals surface area contributed by atoms with Crippen LogP contribution in [0.2, 0.25) is 0 Å². The minimum Gasteiger partial charge on any atom is -0.406 e. The van der Waals surface area contributed by atoms with E-state index >= 15 is 0 Å². The number of carbonyl (C=O) groups excluding carboxylic acids is 2. The second-order valence-electron chi connectivity index (χ2n) is 5.76. The monoisotopic (exact) mass is 325 g/mol. The molecule has 0 unspecified atom stereocenters. The molecular weight excluding hydrogens is 311 g/mol. The van der Waals surface area contributed by atoms with Crippen molar-refractivity contribution < 1.29 is 27.5 Å². The zero-order valence-electron chi connectivity index (χ0n) is 12.3. The van der Waals surface area contributed by atoms with Crippen LogP contribution in [0.25, 0.3) is 0 Å². The summed E-state index contributed by atoms with van der Waals surface area (Å²) in [6, 6.07) is 4.76. The van der Waals surface area contributed by atoms with Gasteiger partial charge >= 0.3 is 6.36 Å². The molecule has 2 amide bonds. The number of amides is 2. The standard InChI is InChI=1S/C16H14F3NO3/c1-9-2-7-12-13(8-9)15(22)20(14(12)21)10-3-5-11(6-4-10)23-16(17,18)19/h2-6,12-13H,7-8H2,1H3/t12-,13-/m1/s1. The van der Waals surface area contributed by atoms with Crippen molar-refractivity contribution in [3.8, 4) is 5.75 Å². The quantitative estimate of drug-likeness (QED) is 0.618. The van der Waals surface area contributed by atoms with Crippen molar-refractivity contribution in [1.82, 2.24) is 0 Å². The topological polar surface area (TPSA) is 46.6 Å². The Morgan fingerprint density at radius 3 is 2.30 bits per heavy atom. The molecule has 1 aromatic carbocycles. The number of allylic oxidation sites excluding steroid dienone is 2. The summed E-state index contributed by atoms with van der Waals surface area (Å²) in [7, 11) is 0. The second kappa shape index (κ2) is 5.40. The van der Waals surface area contributed by atoms with Crippen LogP contribution in [0.3, 0.4) is 0 Å². The van der Waals surface area contributed by atoms with Gasteiger partial charge in [-0.1, -0.05) is 11.6 Å². The van der Waals surface area contributed by atoms with Gasteiger partial charge in [-0.15, -0.1) is 13.2 Å². The first-order valence-electron chi connectivity index (χ1n) is 7.15. The van der Waals surface area contributed by atoms with E-state index in [2.05, 4.69) is 4.74 Å². The number of rotatable bonds is 2. The number of fused-ring (bicyclic) bond motifs is 1. The number of carbonyl (C=O) groups is 2. The normalized spacial score (nSPS) is 24.5. The zero-order chi connectivity index (χ0) is 16.8. The summed E-state index contributed by atoms with van der Waals surface area (Å²) in [5, 5.41) is 0. The molecule has 1 heterocycles. The van der Waals surface area contributed by atoms with Crippen LogP contribution in [0, 0.1) is 11.8 Å². The summed E-state index contributed by atoms with van der Waals surface area (Å²) >= 11 is 0. The molecule has 1 aliphatic heterocycles. The number of nitrogens with zero attached hydrogens (tertiary/aromatic N) is 1. The second-order valence-corrected chi connectivity index (χ2v) is 5.76. The van der Waals surface area contributed by atoms with Crippen LogP contribution >= 0.6 is 0 Å². The SMILES string of the molecule is CC1=CC[C@H]2C(=O)N(c3ccc(OC(F)(F)F)cc3)C(=O)[C@@H]2C1. The largest absolute Gasteiger partial charge is 0.573 e. The van der Waals surface area contributed by atoms with Gasteiger partial charge in [0, 0.05) is 0 Å². The molecule has 7 heteroatoms. The van der Waals surface area contributed by atoms with Crippen LogP contribution in [0.5, 0.6) is 5.75 Å². The summed E-state index contributed by atoms with van der Waals surface area (Å²) in [6.07, 6.45) is -1.76. The van der Waals surface area contributed by atoms with Crippen LogP contribution in [0.4, 0.5) is 18.9 Å². The Labute approximate surface area is 130 Å². The minimum absolute atomic E-state index is 0.265. The number of alkyl halides is 3. The maximum absolute atomic E-state index is 12.5. The van der Waals surface area contributed by atoms with Gasteiger partial charge in [0.2, 0.25) is 11.8 Å². The molecular formula is C16H14F3NO3. The maximum atomic E-state index is 12.5. The number of hydrogen-bond acceptors (Lipinski definition) is 3. The van der Waals surface area contributed by atoms with Gasteiger partial charge < -0.3 is 4.74 Å². The van der Waals surface area contributed by atoms with Crippen molar-refractivity contribution in [3.05, 3.63) is 35.9 Å². The highest BCUT2D eigenvalue weighted by molar-refractivity contribution is 6.22. The van der Waals surface area contributed by atoms with E-state index in [0.29, 0.717) is 12.8 Å². The Bertz CT molecular complexity index is 679. The Hall–Kier alpha value is -2.31. The van der Waals surface area contributed by atoms with Gasteiger partial charge in [-0.05, 0) is 44.0 Å². The van der Waals surface area contributed by atoms with Crippen molar-refractivity contribution in [1.29, 1.82) is 0 Å². The molecule has 1 aliphatic carbocycles. The van der Waals surface area contributed by atoms with E-state index in [0.717, 1.165) is 22.6 Å². The molecule has 0 bridgehead atoms. The number of benzene rings is 1. The van der Waals surface area contributed by atoms with E-state index in [1.54, 1.807) is 0 Å². The van der Waals surface area contributed by atoms with E-state index in [1.807, 2.05) is 13.0 Å². The highest BCUT2D eigenvalue weighted by atomic mass is 19.4. The van der Waals surface area contributed by atoms with Gasteiger partial charge in [-0.3, -0.25) is 14.5 Å². The van der Waals surface area contributed by atoms with Gasteiger partial charge in [0.25, 0.3) is 0 Å². The first-order valence-corrected chi connectivity index (χ1v) is 7.15. The van der Waals surface area contributed by atoms with E-state index in [4.69, 9.17) is 0 Å². The fourth-order valence-corrected chi connectivity index (χ4v) is 3.09. The maximum Gasteiger partial charge on any atom is 0.573 e. The Morgan fingerprint density at radius 2 is 1.70 bits per heavy atom. The third kappa shape index (κ3) is 2.95. The van der Waals surface area contributed by atoms with Crippen molar-refractivity contribution in [2.24, 2.45) is 11.8 Å². The molecule has 0 radical (unpaired) electrons. The van der Waals surface area contributed by atoms with Gasteiger partial charge in [0.1, 0.15) is 5.75 Å². The predicted molar refractivity (Wildman–Crippen MR) is 75.6 cm³/mol. The summed E-state index contributed by atoms with van der Waals surface area (Å²) in [5.74, 6) is -1.74. The van der Waals surface area contributed by atoms with Crippen LogP contribution in [0.1, 0.15) is 19.8 Å². The van der Waals surface area contributed by atoms with E-state index in [1.165, 1.54) is 12.1 Å². The molecule has 3 rings (SSSR count). The molecule has 1 fully saturated rings. The highest BCUT2D eigenvalue weighted by Crippen LogP contribution is 2.40. The van der Waals surface area contributed by atoms with E-state index < -0.39 is 12.1 Å². The molecule has 1 saturated heterocycles. The zero-order valence-corrected chi connectivity index (χ0v) is 12.3. The summed E-state index contributed by atoms with van der Waals surface area (Å²) in [5.41, 5.74) is 1.34. The molecule has 1 aromatic rings. The molecule has 0 spiro atoms. The smallest absolute Gasteiger partial charge is 0.406 e. The fraction of sp³-hybridized carbons (Fsp3) is 0.375. The van der Waals surface area contributed by atoms with Gasteiger partial charge in [0.05, 0.1) is 17.5 Å². The molecule has 122 valence electrons. The van der Waals surface area contributed by atoms with Crippen molar-refractivity contribution in [2.45, 2.75) is 26.1 Å². The summed E-state index contributed by atoms with van der Waals surface area (Å²) in [4.78, 5) is 26.0. The van der Waals surface area contributed by atoms with Gasteiger partial charge in [0.15, 0.2) is 0 Å². The number of ether oxygens (including phenoxy) is 1. The fourth-order valence-electron chi connectivity index (χ4n) is 3.09. The highest BCUT2D eigenvalue weighted by Gasteiger charge is 2.48. The summed E-state index contributed by atoms with van der Waals surface area (Å²) < 4.78 is 40.3. The molecule has 0 saturated carbocycles. The molecule has 4 nitrogen and oxygen atoms in total. The lowest BCUT2D eigenvalue weighted by Crippen LogP contribution is -2.30. The molecule has 0 N–H and O–H groups in total. The number of anilines is 1. The Kier molecular flexibility index (Phi) is 3.66. The summed E-state index contributed by atoms with van der Waals surface area (Å²) in [6.45, 7) is 1.92. The van der Waals surface area contributed by atoms with Crippen LogP contribution in [0.15, 0.2) is 35.9 Å². The minimum atomic E-state index is -4.78. The lowest BCUT2D eigenvalue weighted by Gasteiger charge is -2.18. The third-order valence-electron chi connectivity index (χ3n) is 4.15.